The van der Waals surface area contributed by atoms with E-state index in [1.807, 2.05) is 6.07 Å². The molecule has 1 aliphatic carbocycles. The van der Waals surface area contributed by atoms with Crippen LogP contribution in [0.2, 0.25) is 0 Å². The molecule has 0 amide bonds. The molecule has 2 heterocycles. The van der Waals surface area contributed by atoms with Gasteiger partial charge in [-0.05, 0) is 29.7 Å². The Morgan fingerprint density at radius 1 is 1.07 bits per heavy atom. The SMILES string of the molecule is O=C(O)C(F)(F)F.O=C(O)c1ccc(N2CC3CC2c2ccccc23)nc1. The number of aromatic nitrogens is 1. The van der Waals surface area contributed by atoms with Gasteiger partial charge in [0.05, 0.1) is 11.6 Å². The average Bonchev–Trinajstić information content (AvgIpc) is 3.21. The fraction of sp³-hybridized carbons (Fsp3) is 0.278. The molecule has 6 nitrogen and oxygen atoms in total. The van der Waals surface area contributed by atoms with Crippen molar-refractivity contribution in [3.8, 4) is 0 Å². The van der Waals surface area contributed by atoms with Crippen LogP contribution in [-0.4, -0.2) is 39.9 Å². The average molecular weight is 380 g/mol. The van der Waals surface area contributed by atoms with Gasteiger partial charge in [-0.1, -0.05) is 24.3 Å². The van der Waals surface area contributed by atoms with Gasteiger partial charge in [-0.15, -0.1) is 0 Å². The van der Waals surface area contributed by atoms with Crippen LogP contribution in [0.1, 0.15) is 39.9 Å². The van der Waals surface area contributed by atoms with Gasteiger partial charge in [-0.25, -0.2) is 14.6 Å². The molecule has 0 saturated carbocycles. The van der Waals surface area contributed by atoms with Gasteiger partial charge in [-0.2, -0.15) is 13.2 Å². The van der Waals surface area contributed by atoms with Crippen LogP contribution in [-0.2, 0) is 4.79 Å². The molecule has 4 rings (SSSR count). The zero-order chi connectivity index (χ0) is 19.8. The van der Waals surface area contributed by atoms with Gasteiger partial charge in [-0.3, -0.25) is 0 Å². The Balaban J connectivity index is 0.000000260. The van der Waals surface area contributed by atoms with Crippen LogP contribution in [0.25, 0.3) is 0 Å². The molecule has 1 fully saturated rings. The molecule has 0 spiro atoms. The highest BCUT2D eigenvalue weighted by molar-refractivity contribution is 5.87. The van der Waals surface area contributed by atoms with Crippen LogP contribution in [0.15, 0.2) is 42.6 Å². The van der Waals surface area contributed by atoms with Crippen molar-refractivity contribution in [3.05, 3.63) is 59.3 Å². The van der Waals surface area contributed by atoms with Crippen LogP contribution < -0.4 is 4.90 Å². The lowest BCUT2D eigenvalue weighted by Gasteiger charge is -2.29. The molecule has 2 N–H and O–H groups in total. The number of pyridine rings is 1. The Hall–Kier alpha value is -3.10. The summed E-state index contributed by atoms with van der Waals surface area (Å²) >= 11 is 0. The molecule has 2 aliphatic rings. The summed E-state index contributed by atoms with van der Waals surface area (Å²) in [6.45, 7) is 0.973. The van der Waals surface area contributed by atoms with E-state index < -0.39 is 18.1 Å². The van der Waals surface area contributed by atoms with Crippen molar-refractivity contribution < 1.29 is 33.0 Å². The first kappa shape index (κ1) is 18.7. The second-order valence-corrected chi connectivity index (χ2v) is 6.24. The highest BCUT2D eigenvalue weighted by atomic mass is 19.4. The van der Waals surface area contributed by atoms with Gasteiger partial charge < -0.3 is 15.1 Å². The van der Waals surface area contributed by atoms with Crippen LogP contribution in [0.3, 0.4) is 0 Å². The largest absolute Gasteiger partial charge is 0.490 e. The number of nitrogens with zero attached hydrogens (tertiary/aromatic N) is 2. The van der Waals surface area contributed by atoms with E-state index in [1.54, 1.807) is 6.07 Å². The number of aliphatic carboxylic acids is 1. The standard InChI is InChI=1S/C16H14N2O2.C2HF3O2/c19-16(20)10-5-6-15(17-8-10)18-9-11-7-14(18)13-4-2-1-3-12(11)13;3-2(4,5)1(6)7/h1-6,8,11,14H,7,9H2,(H,19,20);(H,6,7). The normalized spacial score (nSPS) is 19.9. The van der Waals surface area contributed by atoms with Gasteiger partial charge in [0.25, 0.3) is 0 Å². The molecule has 1 aromatic heterocycles. The Kier molecular flexibility index (Phi) is 4.77. The fourth-order valence-electron chi connectivity index (χ4n) is 3.48. The summed E-state index contributed by atoms with van der Waals surface area (Å²) in [5, 5.41) is 16.0. The Labute approximate surface area is 151 Å². The highest BCUT2D eigenvalue weighted by Gasteiger charge is 2.42. The second-order valence-electron chi connectivity index (χ2n) is 6.24. The number of carboxylic acids is 2. The minimum atomic E-state index is -5.08. The number of hydrogen-bond acceptors (Lipinski definition) is 4. The van der Waals surface area contributed by atoms with Gasteiger partial charge in [0.15, 0.2) is 0 Å². The lowest BCUT2D eigenvalue weighted by molar-refractivity contribution is -0.192. The zero-order valence-electron chi connectivity index (χ0n) is 13.8. The Morgan fingerprint density at radius 3 is 2.22 bits per heavy atom. The molecule has 2 unspecified atom stereocenters. The van der Waals surface area contributed by atoms with Crippen LogP contribution in [0, 0.1) is 0 Å². The third-order valence-electron chi connectivity index (χ3n) is 4.63. The summed E-state index contributed by atoms with van der Waals surface area (Å²) in [4.78, 5) is 26.4. The summed E-state index contributed by atoms with van der Waals surface area (Å²) in [7, 11) is 0. The number of fused-ring (bicyclic) bond motifs is 5. The predicted octanol–water partition coefficient (Wildman–Crippen LogP) is 3.46. The molecular formula is C18H15F3N2O4. The molecule has 9 heteroatoms. The lowest BCUT2D eigenvalue weighted by Crippen LogP contribution is -2.27. The monoisotopic (exact) mass is 380 g/mol. The third kappa shape index (κ3) is 3.71. The summed E-state index contributed by atoms with van der Waals surface area (Å²) in [6.07, 6.45) is -2.50. The molecule has 1 aromatic carbocycles. The number of benzene rings is 1. The van der Waals surface area contributed by atoms with Gasteiger partial charge in [0.2, 0.25) is 0 Å². The molecule has 0 radical (unpaired) electrons. The minimum absolute atomic E-state index is 0.235. The van der Waals surface area contributed by atoms with Crippen molar-refractivity contribution in [3.63, 3.8) is 0 Å². The number of anilines is 1. The first-order chi connectivity index (χ1) is 12.7. The van der Waals surface area contributed by atoms with Crippen molar-refractivity contribution in [2.45, 2.75) is 24.6 Å². The van der Waals surface area contributed by atoms with Crippen molar-refractivity contribution in [1.29, 1.82) is 0 Å². The zero-order valence-corrected chi connectivity index (χ0v) is 13.8. The molecule has 1 saturated heterocycles. The number of alkyl halides is 3. The number of carboxylic acid groups (broad SMARTS) is 2. The van der Waals surface area contributed by atoms with E-state index in [9.17, 15) is 18.0 Å². The number of rotatable bonds is 2. The molecule has 27 heavy (non-hydrogen) atoms. The maximum Gasteiger partial charge on any atom is 0.490 e. The first-order valence-electron chi connectivity index (χ1n) is 8.03. The maximum absolute atomic E-state index is 10.9. The van der Waals surface area contributed by atoms with E-state index >= 15 is 0 Å². The molecule has 142 valence electrons. The molecule has 2 aromatic rings. The van der Waals surface area contributed by atoms with E-state index in [2.05, 4.69) is 34.1 Å². The minimum Gasteiger partial charge on any atom is -0.478 e. The van der Waals surface area contributed by atoms with E-state index in [4.69, 9.17) is 15.0 Å². The van der Waals surface area contributed by atoms with Gasteiger partial charge >= 0.3 is 18.1 Å². The topological polar surface area (TPSA) is 90.7 Å². The first-order valence-corrected chi connectivity index (χ1v) is 8.03. The van der Waals surface area contributed by atoms with E-state index in [-0.39, 0.29) is 5.56 Å². The molecule has 1 aliphatic heterocycles. The third-order valence-corrected chi connectivity index (χ3v) is 4.63. The van der Waals surface area contributed by atoms with Crippen molar-refractivity contribution in [2.75, 3.05) is 11.4 Å². The van der Waals surface area contributed by atoms with Crippen molar-refractivity contribution >= 4 is 17.8 Å². The van der Waals surface area contributed by atoms with E-state index in [0.717, 1.165) is 18.8 Å². The maximum atomic E-state index is 10.9. The number of hydrogen-bond donors (Lipinski definition) is 2. The van der Waals surface area contributed by atoms with Crippen LogP contribution in [0.5, 0.6) is 0 Å². The van der Waals surface area contributed by atoms with E-state index in [1.165, 1.54) is 17.3 Å². The Bertz CT molecular complexity index is 868. The molecule has 2 bridgehead atoms. The fourth-order valence-corrected chi connectivity index (χ4v) is 3.48. The van der Waals surface area contributed by atoms with Crippen LogP contribution in [0.4, 0.5) is 19.0 Å². The summed E-state index contributed by atoms with van der Waals surface area (Å²) in [5.74, 6) is -2.24. The van der Waals surface area contributed by atoms with Gasteiger partial charge in [0.1, 0.15) is 5.82 Å². The molecular weight excluding hydrogens is 365 g/mol. The molecule has 2 atom stereocenters. The second kappa shape index (κ2) is 6.90. The Morgan fingerprint density at radius 2 is 1.70 bits per heavy atom. The smallest absolute Gasteiger partial charge is 0.478 e. The highest BCUT2D eigenvalue weighted by Crippen LogP contribution is 2.51. The van der Waals surface area contributed by atoms with Crippen molar-refractivity contribution in [2.24, 2.45) is 0 Å². The number of carbonyl (C=O) groups is 2. The quantitative estimate of drug-likeness (QED) is 0.829. The predicted molar refractivity (Wildman–Crippen MR) is 88.8 cm³/mol. The van der Waals surface area contributed by atoms with Crippen molar-refractivity contribution in [1.82, 2.24) is 4.98 Å². The van der Waals surface area contributed by atoms with Crippen LogP contribution >= 0.6 is 0 Å². The number of halogens is 3. The summed E-state index contributed by atoms with van der Waals surface area (Å²) in [6, 6.07) is 12.4. The number of aromatic carboxylic acids is 1. The summed E-state index contributed by atoms with van der Waals surface area (Å²) in [5.41, 5.74) is 3.10. The lowest BCUT2D eigenvalue weighted by atomic mass is 9.99. The van der Waals surface area contributed by atoms with Gasteiger partial charge in [0, 0.05) is 18.7 Å². The van der Waals surface area contributed by atoms with E-state index in [0.29, 0.717) is 12.0 Å². The summed E-state index contributed by atoms with van der Waals surface area (Å²) < 4.78 is 31.7.